The second-order valence-corrected chi connectivity index (χ2v) is 5.86. The summed E-state index contributed by atoms with van der Waals surface area (Å²) >= 11 is 0. The maximum atomic E-state index is 10.6. The van der Waals surface area contributed by atoms with Gasteiger partial charge in [-0.05, 0) is 36.8 Å². The van der Waals surface area contributed by atoms with Crippen molar-refractivity contribution in [2.24, 2.45) is 29.0 Å². The third-order valence-electron chi connectivity index (χ3n) is 3.06. The molecule has 2 amide bonds. The number of hydrogen-bond donors (Lipinski definition) is 3. The molecule has 5 heteroatoms. The first-order chi connectivity index (χ1) is 10.3. The topological polar surface area (TPSA) is 112 Å². The second-order valence-electron chi connectivity index (χ2n) is 5.86. The fourth-order valence-electron chi connectivity index (χ4n) is 2.29. The van der Waals surface area contributed by atoms with E-state index in [1.54, 1.807) is 0 Å². The van der Waals surface area contributed by atoms with Crippen molar-refractivity contribution < 1.29 is 9.59 Å². The lowest BCUT2D eigenvalue weighted by atomic mass is 9.91. The van der Waals surface area contributed by atoms with Gasteiger partial charge in [0.2, 0.25) is 11.8 Å². The van der Waals surface area contributed by atoms with Gasteiger partial charge in [-0.2, -0.15) is 0 Å². The molecule has 0 spiro atoms. The zero-order valence-electron chi connectivity index (χ0n) is 13.6. The fourth-order valence-corrected chi connectivity index (χ4v) is 2.29. The highest BCUT2D eigenvalue weighted by Gasteiger charge is 2.15. The quantitative estimate of drug-likeness (QED) is 0.677. The van der Waals surface area contributed by atoms with Crippen LogP contribution in [0.5, 0.6) is 0 Å². The maximum absolute atomic E-state index is 10.6. The Morgan fingerprint density at radius 3 is 1.86 bits per heavy atom. The first-order valence-corrected chi connectivity index (χ1v) is 7.65. The van der Waals surface area contributed by atoms with Gasteiger partial charge in [-0.1, -0.05) is 44.2 Å². The zero-order chi connectivity index (χ0) is 17.0. The average molecular weight is 307 g/mol. The van der Waals surface area contributed by atoms with Gasteiger partial charge in [-0.3, -0.25) is 9.59 Å². The number of rotatable bonds is 8. The average Bonchev–Trinajstić information content (AvgIpc) is 2.38. The van der Waals surface area contributed by atoms with E-state index in [0.717, 1.165) is 19.4 Å². The molecule has 1 aromatic rings. The third-order valence-corrected chi connectivity index (χ3v) is 3.06. The number of nitrogens with two attached hydrogens (primary N) is 3. The van der Waals surface area contributed by atoms with Gasteiger partial charge in [0.25, 0.3) is 0 Å². The molecular weight excluding hydrogens is 278 g/mol. The van der Waals surface area contributed by atoms with E-state index in [1.807, 2.05) is 32.0 Å². The maximum Gasteiger partial charge on any atom is 0.217 e. The number of hydrogen-bond acceptors (Lipinski definition) is 3. The third kappa shape index (κ3) is 11.9. The first-order valence-electron chi connectivity index (χ1n) is 7.65. The van der Waals surface area contributed by atoms with Crippen LogP contribution in [-0.2, 0) is 16.0 Å². The molecule has 0 radical (unpaired) electrons. The number of carbonyl (C=O) groups excluding carboxylic acids is 2. The van der Waals surface area contributed by atoms with Crippen LogP contribution < -0.4 is 17.2 Å². The Labute approximate surface area is 133 Å². The Kier molecular flexibility index (Phi) is 10.7. The van der Waals surface area contributed by atoms with Gasteiger partial charge in [-0.15, -0.1) is 0 Å². The van der Waals surface area contributed by atoms with Gasteiger partial charge in [0, 0.05) is 12.8 Å². The molecule has 0 aliphatic heterocycles. The van der Waals surface area contributed by atoms with E-state index in [4.69, 9.17) is 17.2 Å². The molecule has 0 heterocycles. The van der Waals surface area contributed by atoms with Crippen LogP contribution in [0.4, 0.5) is 0 Å². The predicted molar refractivity (Wildman–Crippen MR) is 89.8 cm³/mol. The molecule has 0 saturated carbocycles. The van der Waals surface area contributed by atoms with Gasteiger partial charge in [0.15, 0.2) is 0 Å². The Morgan fingerprint density at radius 1 is 1.00 bits per heavy atom. The van der Waals surface area contributed by atoms with Crippen LogP contribution in [0.2, 0.25) is 0 Å². The van der Waals surface area contributed by atoms with Crippen molar-refractivity contribution in [3.8, 4) is 0 Å². The first kappa shape index (κ1) is 20.1. The Hall–Kier alpha value is -1.88. The van der Waals surface area contributed by atoms with Crippen molar-refractivity contribution in [1.82, 2.24) is 0 Å². The number of amides is 2. The van der Waals surface area contributed by atoms with E-state index in [0.29, 0.717) is 5.92 Å². The summed E-state index contributed by atoms with van der Waals surface area (Å²) in [6, 6.07) is 10.3. The van der Waals surface area contributed by atoms with Crippen molar-refractivity contribution >= 4 is 11.8 Å². The highest BCUT2D eigenvalue weighted by Crippen LogP contribution is 2.18. The summed E-state index contributed by atoms with van der Waals surface area (Å²) in [4.78, 5) is 21.3. The molecule has 1 aromatic carbocycles. The lowest BCUT2D eigenvalue weighted by Gasteiger charge is -2.15. The molecule has 0 aromatic heterocycles. The summed E-state index contributed by atoms with van der Waals surface area (Å²) < 4.78 is 0. The van der Waals surface area contributed by atoms with Crippen LogP contribution in [0.3, 0.4) is 0 Å². The van der Waals surface area contributed by atoms with Crippen molar-refractivity contribution in [2.45, 2.75) is 39.5 Å². The minimum Gasteiger partial charge on any atom is -0.370 e. The van der Waals surface area contributed by atoms with Crippen LogP contribution in [0.25, 0.3) is 0 Å². The molecule has 0 saturated heterocycles. The van der Waals surface area contributed by atoms with E-state index in [1.165, 1.54) is 5.56 Å². The lowest BCUT2D eigenvalue weighted by Crippen LogP contribution is -2.23. The number of carbonyl (C=O) groups is 2. The van der Waals surface area contributed by atoms with Gasteiger partial charge >= 0.3 is 0 Å². The molecular formula is C17H29N3O2. The summed E-state index contributed by atoms with van der Waals surface area (Å²) in [5.41, 5.74) is 16.8. The van der Waals surface area contributed by atoms with Gasteiger partial charge in [0.05, 0.1) is 0 Å². The van der Waals surface area contributed by atoms with Crippen LogP contribution in [0, 0.1) is 11.8 Å². The van der Waals surface area contributed by atoms with Crippen LogP contribution in [0.1, 0.15) is 38.7 Å². The summed E-state index contributed by atoms with van der Waals surface area (Å²) in [7, 11) is 0. The lowest BCUT2D eigenvalue weighted by molar-refractivity contribution is -0.121. The van der Waals surface area contributed by atoms with Gasteiger partial charge < -0.3 is 17.2 Å². The summed E-state index contributed by atoms with van der Waals surface area (Å²) in [5.74, 6) is -0.280. The molecule has 0 bridgehead atoms. The summed E-state index contributed by atoms with van der Waals surface area (Å²) in [6.07, 6.45) is 2.30. The molecule has 0 unspecified atom stereocenters. The molecule has 1 rings (SSSR count). The molecule has 0 fully saturated rings. The van der Waals surface area contributed by atoms with E-state index in [9.17, 15) is 9.59 Å². The largest absolute Gasteiger partial charge is 0.370 e. The normalized spacial score (nSPS) is 10.2. The Balaban J connectivity index is 0.000000425. The smallest absolute Gasteiger partial charge is 0.217 e. The molecule has 0 aliphatic rings. The van der Waals surface area contributed by atoms with Gasteiger partial charge in [-0.25, -0.2) is 0 Å². The summed E-state index contributed by atoms with van der Waals surface area (Å²) in [6.45, 7) is 4.81. The van der Waals surface area contributed by atoms with E-state index in [2.05, 4.69) is 12.1 Å². The van der Waals surface area contributed by atoms with Crippen molar-refractivity contribution in [3.05, 3.63) is 35.9 Å². The van der Waals surface area contributed by atoms with Crippen molar-refractivity contribution in [3.63, 3.8) is 0 Å². The fraction of sp³-hybridized carbons (Fsp3) is 0.529. The predicted octanol–water partition coefficient (Wildman–Crippen LogP) is 1.59. The Morgan fingerprint density at radius 2 is 1.50 bits per heavy atom. The zero-order valence-corrected chi connectivity index (χ0v) is 13.6. The summed E-state index contributed by atoms with van der Waals surface area (Å²) in [5, 5.41) is 0. The van der Waals surface area contributed by atoms with Crippen LogP contribution in [0.15, 0.2) is 30.3 Å². The highest BCUT2D eigenvalue weighted by molar-refractivity contribution is 5.77. The van der Waals surface area contributed by atoms with E-state index >= 15 is 0 Å². The van der Waals surface area contributed by atoms with Gasteiger partial charge in [0.1, 0.15) is 0 Å². The van der Waals surface area contributed by atoms with E-state index in [-0.39, 0.29) is 30.6 Å². The molecule has 5 nitrogen and oxygen atoms in total. The molecule has 124 valence electrons. The van der Waals surface area contributed by atoms with E-state index < -0.39 is 0 Å². The standard InChI is InChI=1S/C9H18N2O2.C8H11N/c1-6(2)3-7(4-8(10)12)5-9(11)13;9-7-6-8-4-2-1-3-5-8/h6-7H,3-5H2,1-2H3,(H2,10,12)(H2,11,13);1-5H,6-7,9H2. The van der Waals surface area contributed by atoms with Crippen LogP contribution >= 0.6 is 0 Å². The van der Waals surface area contributed by atoms with Crippen LogP contribution in [-0.4, -0.2) is 18.4 Å². The molecule has 22 heavy (non-hydrogen) atoms. The van der Waals surface area contributed by atoms with Crippen molar-refractivity contribution in [1.29, 1.82) is 0 Å². The van der Waals surface area contributed by atoms with Crippen molar-refractivity contribution in [2.75, 3.05) is 6.54 Å². The Bertz CT molecular complexity index is 417. The number of benzene rings is 1. The molecule has 6 N–H and O–H groups in total. The monoisotopic (exact) mass is 307 g/mol. The number of primary amides is 2. The highest BCUT2D eigenvalue weighted by atomic mass is 16.1. The second kappa shape index (κ2) is 11.7. The molecule has 0 aliphatic carbocycles. The minimum atomic E-state index is -0.369. The minimum absolute atomic E-state index is 0.00926. The SMILES string of the molecule is CC(C)CC(CC(N)=O)CC(N)=O.NCCc1ccccc1. The molecule has 0 atom stereocenters.